The molecule has 2 aromatic rings. The predicted molar refractivity (Wildman–Crippen MR) is 89.7 cm³/mol. The summed E-state index contributed by atoms with van der Waals surface area (Å²) in [5.74, 6) is 0. The molecule has 0 unspecified atom stereocenters. The fourth-order valence-corrected chi connectivity index (χ4v) is 5.98. The number of benzene rings is 1. The highest BCUT2D eigenvalue weighted by atomic mass is 79.9. The van der Waals surface area contributed by atoms with Gasteiger partial charge in [-0.05, 0) is 56.1 Å². The molecule has 0 aliphatic rings. The van der Waals surface area contributed by atoms with E-state index in [2.05, 4.69) is 52.5 Å². The molecular formula is C10H5Br3ClNO2S2. The molecule has 0 aliphatic heterocycles. The molecule has 0 radical (unpaired) electrons. The summed E-state index contributed by atoms with van der Waals surface area (Å²) < 4.78 is 29.1. The number of hydrogen-bond donors (Lipinski definition) is 1. The minimum atomic E-state index is -3.64. The number of rotatable bonds is 3. The molecule has 1 aromatic carbocycles. The smallest absolute Gasteiger partial charge is 0.271 e. The van der Waals surface area contributed by atoms with Gasteiger partial charge in [-0.1, -0.05) is 27.5 Å². The predicted octanol–water partition coefficient (Wildman–Crippen LogP) is 5.49. The SMILES string of the molecule is O=S(=O)(Nc1ccc(Br)cc1Br)c1cc(Cl)c(Br)s1. The monoisotopic (exact) mass is 507 g/mol. The molecule has 1 heterocycles. The zero-order valence-electron chi connectivity index (χ0n) is 8.95. The van der Waals surface area contributed by atoms with Crippen LogP contribution < -0.4 is 4.72 Å². The van der Waals surface area contributed by atoms with Crippen molar-refractivity contribution < 1.29 is 8.42 Å². The Hall–Kier alpha value is 0.400. The first-order valence-electron chi connectivity index (χ1n) is 4.72. The zero-order valence-corrected chi connectivity index (χ0v) is 16.1. The van der Waals surface area contributed by atoms with Crippen LogP contribution in [0.3, 0.4) is 0 Å². The van der Waals surface area contributed by atoms with Crippen molar-refractivity contribution in [2.45, 2.75) is 4.21 Å². The van der Waals surface area contributed by atoms with Gasteiger partial charge >= 0.3 is 0 Å². The Morgan fingerprint density at radius 2 is 1.84 bits per heavy atom. The molecule has 0 amide bonds. The second-order valence-electron chi connectivity index (χ2n) is 3.42. The minimum absolute atomic E-state index is 0.152. The number of sulfonamides is 1. The van der Waals surface area contributed by atoms with Gasteiger partial charge in [0.25, 0.3) is 10.0 Å². The maximum Gasteiger partial charge on any atom is 0.271 e. The van der Waals surface area contributed by atoms with Crippen molar-refractivity contribution in [3.63, 3.8) is 0 Å². The molecule has 0 aliphatic carbocycles. The van der Waals surface area contributed by atoms with Gasteiger partial charge in [-0.3, -0.25) is 4.72 Å². The van der Waals surface area contributed by atoms with Gasteiger partial charge in [0.2, 0.25) is 0 Å². The van der Waals surface area contributed by atoms with Crippen LogP contribution in [-0.2, 0) is 10.0 Å². The highest BCUT2D eigenvalue weighted by Crippen LogP contribution is 2.36. The molecule has 0 spiro atoms. The van der Waals surface area contributed by atoms with E-state index in [9.17, 15) is 8.42 Å². The third-order valence-corrected chi connectivity index (χ3v) is 7.53. The zero-order chi connectivity index (χ0) is 14.2. The van der Waals surface area contributed by atoms with Crippen LogP contribution in [0.15, 0.2) is 41.2 Å². The van der Waals surface area contributed by atoms with Crippen LogP contribution in [0.4, 0.5) is 5.69 Å². The van der Waals surface area contributed by atoms with Crippen molar-refractivity contribution in [2.75, 3.05) is 4.72 Å². The number of thiophene rings is 1. The van der Waals surface area contributed by atoms with E-state index in [0.717, 1.165) is 15.8 Å². The Bertz CT molecular complexity index is 711. The summed E-state index contributed by atoms with van der Waals surface area (Å²) >= 11 is 16.7. The molecule has 0 saturated heterocycles. The van der Waals surface area contributed by atoms with Crippen LogP contribution in [-0.4, -0.2) is 8.42 Å². The summed E-state index contributed by atoms with van der Waals surface area (Å²) in [5, 5.41) is 0.375. The molecule has 9 heteroatoms. The van der Waals surface area contributed by atoms with Gasteiger partial charge in [-0.15, -0.1) is 11.3 Å². The Kier molecular flexibility index (Phi) is 5.01. The lowest BCUT2D eigenvalue weighted by molar-refractivity contribution is 0.603. The number of nitrogens with one attached hydrogen (secondary N) is 1. The van der Waals surface area contributed by atoms with Gasteiger partial charge in [-0.2, -0.15) is 0 Å². The highest BCUT2D eigenvalue weighted by molar-refractivity contribution is 9.11. The third-order valence-electron chi connectivity index (χ3n) is 2.06. The van der Waals surface area contributed by atoms with Crippen LogP contribution in [0, 0.1) is 0 Å². The molecule has 2 rings (SSSR count). The van der Waals surface area contributed by atoms with Gasteiger partial charge in [-0.25, -0.2) is 8.42 Å². The molecule has 0 saturated carbocycles. The lowest BCUT2D eigenvalue weighted by Gasteiger charge is -2.08. The summed E-state index contributed by atoms with van der Waals surface area (Å²) in [6.45, 7) is 0. The van der Waals surface area contributed by atoms with Crippen LogP contribution in [0.25, 0.3) is 0 Å². The molecule has 0 fully saturated rings. The summed E-state index contributed by atoms with van der Waals surface area (Å²) in [4.78, 5) is 0. The maximum atomic E-state index is 12.2. The minimum Gasteiger partial charge on any atom is -0.278 e. The summed E-state index contributed by atoms with van der Waals surface area (Å²) in [6.07, 6.45) is 0. The number of anilines is 1. The van der Waals surface area contributed by atoms with Crippen molar-refractivity contribution in [1.82, 2.24) is 0 Å². The second-order valence-corrected chi connectivity index (χ2v) is 9.87. The fourth-order valence-electron chi connectivity index (χ4n) is 1.23. The van der Waals surface area contributed by atoms with E-state index in [4.69, 9.17) is 11.6 Å². The van der Waals surface area contributed by atoms with Gasteiger partial charge in [0.15, 0.2) is 0 Å². The van der Waals surface area contributed by atoms with E-state index in [1.54, 1.807) is 18.2 Å². The van der Waals surface area contributed by atoms with Crippen LogP contribution >= 0.6 is 70.7 Å². The Balaban J connectivity index is 2.36. The lowest BCUT2D eigenvalue weighted by atomic mass is 10.3. The first-order chi connectivity index (χ1) is 8.79. The fraction of sp³-hybridized carbons (Fsp3) is 0. The van der Waals surface area contributed by atoms with E-state index in [1.165, 1.54) is 6.07 Å². The van der Waals surface area contributed by atoms with E-state index in [1.807, 2.05) is 0 Å². The van der Waals surface area contributed by atoms with Crippen LogP contribution in [0.2, 0.25) is 5.02 Å². The number of halogens is 4. The molecule has 0 atom stereocenters. The quantitative estimate of drug-likeness (QED) is 0.594. The average molecular weight is 510 g/mol. The largest absolute Gasteiger partial charge is 0.278 e. The average Bonchev–Trinajstić information content (AvgIpc) is 2.64. The van der Waals surface area contributed by atoms with Gasteiger partial charge in [0.05, 0.1) is 14.5 Å². The van der Waals surface area contributed by atoms with E-state index in [0.29, 0.717) is 19.0 Å². The van der Waals surface area contributed by atoms with Crippen molar-refractivity contribution in [1.29, 1.82) is 0 Å². The lowest BCUT2D eigenvalue weighted by Crippen LogP contribution is -2.11. The Labute approximate surface area is 144 Å². The normalized spacial score (nSPS) is 11.6. The van der Waals surface area contributed by atoms with Crippen molar-refractivity contribution in [3.05, 3.63) is 42.0 Å². The van der Waals surface area contributed by atoms with Crippen LogP contribution in [0.1, 0.15) is 0 Å². The molecule has 102 valence electrons. The topological polar surface area (TPSA) is 46.2 Å². The second kappa shape index (κ2) is 6.03. The summed E-state index contributed by atoms with van der Waals surface area (Å²) in [6, 6.07) is 6.58. The Morgan fingerprint density at radius 3 is 2.37 bits per heavy atom. The molecule has 19 heavy (non-hydrogen) atoms. The maximum absolute atomic E-state index is 12.2. The van der Waals surface area contributed by atoms with Gasteiger partial charge in [0.1, 0.15) is 4.21 Å². The first kappa shape index (κ1) is 15.8. The molecule has 3 nitrogen and oxygen atoms in total. The summed E-state index contributed by atoms with van der Waals surface area (Å²) in [5.41, 5.74) is 0.462. The van der Waals surface area contributed by atoms with E-state index in [-0.39, 0.29) is 4.21 Å². The molecular weight excluding hydrogens is 505 g/mol. The first-order valence-corrected chi connectivity index (χ1v) is 9.78. The molecule has 1 aromatic heterocycles. The third kappa shape index (κ3) is 3.74. The van der Waals surface area contributed by atoms with E-state index < -0.39 is 10.0 Å². The Morgan fingerprint density at radius 1 is 1.16 bits per heavy atom. The van der Waals surface area contributed by atoms with Gasteiger partial charge < -0.3 is 0 Å². The highest BCUT2D eigenvalue weighted by Gasteiger charge is 2.20. The van der Waals surface area contributed by atoms with E-state index >= 15 is 0 Å². The van der Waals surface area contributed by atoms with Gasteiger partial charge in [0, 0.05) is 8.95 Å². The summed E-state index contributed by atoms with van der Waals surface area (Å²) in [7, 11) is -3.64. The molecule has 1 N–H and O–H groups in total. The molecule has 0 bridgehead atoms. The van der Waals surface area contributed by atoms with Crippen molar-refractivity contribution >= 4 is 86.4 Å². The van der Waals surface area contributed by atoms with Crippen molar-refractivity contribution in [3.8, 4) is 0 Å². The number of hydrogen-bond acceptors (Lipinski definition) is 3. The van der Waals surface area contributed by atoms with Crippen molar-refractivity contribution in [2.24, 2.45) is 0 Å². The standard InChI is InChI=1S/C10H5Br3ClNO2S2/c11-5-1-2-8(6(12)3-5)15-19(16,17)9-4-7(14)10(13)18-9/h1-4,15H. The van der Waals surface area contributed by atoms with Crippen LogP contribution in [0.5, 0.6) is 0 Å².